The molecule has 0 saturated carbocycles. The number of rotatable bonds is 12. The van der Waals surface area contributed by atoms with Crippen molar-refractivity contribution in [3.8, 4) is 23.3 Å². The fourth-order valence-electron chi connectivity index (χ4n) is 3.39. The Bertz CT molecular complexity index is 1190. The highest BCUT2D eigenvalue weighted by Crippen LogP contribution is 2.29. The van der Waals surface area contributed by atoms with Gasteiger partial charge in [-0.15, -0.1) is 0 Å². The molecule has 8 nitrogen and oxygen atoms in total. The standard InChI is InChI=1S/C28H28N2O6/c1-3-34-24-13-11-23(12-14-24)30(17-7-16-29)27(31)20-36-28(32)22-10-15-25(26(18-22)33-2)35-19-21-8-5-4-6-9-21/h4-6,8-15,18H,3,7,17,19-20H2,1-2H3. The Kier molecular flexibility index (Phi) is 9.71. The summed E-state index contributed by atoms with van der Waals surface area (Å²) >= 11 is 0. The first-order chi connectivity index (χ1) is 17.5. The van der Waals surface area contributed by atoms with Crippen LogP contribution in [0.25, 0.3) is 0 Å². The molecule has 0 bridgehead atoms. The quantitative estimate of drug-likeness (QED) is 0.339. The van der Waals surface area contributed by atoms with Gasteiger partial charge in [0.25, 0.3) is 5.91 Å². The van der Waals surface area contributed by atoms with Crippen LogP contribution in [0.3, 0.4) is 0 Å². The molecule has 36 heavy (non-hydrogen) atoms. The molecule has 3 rings (SSSR count). The first-order valence-corrected chi connectivity index (χ1v) is 11.5. The summed E-state index contributed by atoms with van der Waals surface area (Å²) < 4.78 is 21.9. The molecule has 0 aliphatic carbocycles. The number of nitriles is 1. The van der Waals surface area contributed by atoms with Gasteiger partial charge in [0.1, 0.15) is 12.4 Å². The van der Waals surface area contributed by atoms with E-state index in [-0.39, 0.29) is 18.5 Å². The van der Waals surface area contributed by atoms with Crippen molar-refractivity contribution in [2.24, 2.45) is 0 Å². The highest BCUT2D eigenvalue weighted by atomic mass is 16.5. The maximum absolute atomic E-state index is 12.9. The van der Waals surface area contributed by atoms with Crippen LogP contribution < -0.4 is 19.1 Å². The van der Waals surface area contributed by atoms with Crippen molar-refractivity contribution in [3.63, 3.8) is 0 Å². The minimum Gasteiger partial charge on any atom is -0.494 e. The Labute approximate surface area is 210 Å². The van der Waals surface area contributed by atoms with Gasteiger partial charge in [-0.3, -0.25) is 4.79 Å². The number of nitrogens with zero attached hydrogens (tertiary/aromatic N) is 2. The van der Waals surface area contributed by atoms with Crippen molar-refractivity contribution in [2.75, 3.05) is 31.8 Å². The van der Waals surface area contributed by atoms with Crippen LogP contribution in [-0.4, -0.2) is 38.7 Å². The number of ether oxygens (including phenoxy) is 4. The van der Waals surface area contributed by atoms with Crippen molar-refractivity contribution < 1.29 is 28.5 Å². The predicted molar refractivity (Wildman–Crippen MR) is 134 cm³/mol. The number of amides is 1. The highest BCUT2D eigenvalue weighted by molar-refractivity contribution is 5.97. The molecule has 0 heterocycles. The molecule has 0 saturated heterocycles. The van der Waals surface area contributed by atoms with Gasteiger partial charge >= 0.3 is 5.97 Å². The summed E-state index contributed by atoms with van der Waals surface area (Å²) in [5.41, 5.74) is 1.79. The van der Waals surface area contributed by atoms with E-state index >= 15 is 0 Å². The minimum atomic E-state index is -0.678. The van der Waals surface area contributed by atoms with Gasteiger partial charge in [-0.05, 0) is 55.0 Å². The third-order valence-electron chi connectivity index (χ3n) is 5.17. The molecule has 3 aromatic carbocycles. The molecule has 8 heteroatoms. The highest BCUT2D eigenvalue weighted by Gasteiger charge is 2.19. The first kappa shape index (κ1) is 26.1. The van der Waals surface area contributed by atoms with Crippen LogP contribution in [0.1, 0.15) is 29.3 Å². The van der Waals surface area contributed by atoms with Crippen LogP contribution in [-0.2, 0) is 16.1 Å². The van der Waals surface area contributed by atoms with E-state index in [1.165, 1.54) is 18.1 Å². The van der Waals surface area contributed by atoms with Crippen LogP contribution in [0.2, 0.25) is 0 Å². The Hall–Kier alpha value is -4.51. The normalized spacial score (nSPS) is 10.1. The Morgan fingerprint density at radius 2 is 1.69 bits per heavy atom. The van der Waals surface area contributed by atoms with Crippen molar-refractivity contribution in [2.45, 2.75) is 20.0 Å². The van der Waals surface area contributed by atoms with Crippen LogP contribution in [0, 0.1) is 11.3 Å². The summed E-state index contributed by atoms with van der Waals surface area (Å²) in [5, 5.41) is 8.98. The lowest BCUT2D eigenvalue weighted by molar-refractivity contribution is -0.121. The van der Waals surface area contributed by atoms with Crippen molar-refractivity contribution in [1.29, 1.82) is 5.26 Å². The predicted octanol–water partition coefficient (Wildman–Crippen LogP) is 4.78. The summed E-state index contributed by atoms with van der Waals surface area (Å²) in [6.07, 6.45) is 0.133. The summed E-state index contributed by atoms with van der Waals surface area (Å²) in [5.74, 6) is 0.398. The molecular formula is C28H28N2O6. The summed E-state index contributed by atoms with van der Waals surface area (Å²) in [6, 6.07) is 23.3. The second-order valence-corrected chi connectivity index (χ2v) is 7.60. The first-order valence-electron chi connectivity index (χ1n) is 11.5. The smallest absolute Gasteiger partial charge is 0.338 e. The average molecular weight is 489 g/mol. The van der Waals surface area contributed by atoms with Gasteiger partial charge in [0.2, 0.25) is 0 Å². The lowest BCUT2D eigenvalue weighted by Gasteiger charge is -2.22. The Morgan fingerprint density at radius 1 is 0.944 bits per heavy atom. The van der Waals surface area contributed by atoms with E-state index in [9.17, 15) is 9.59 Å². The van der Waals surface area contributed by atoms with Crippen LogP contribution in [0.5, 0.6) is 17.2 Å². The van der Waals surface area contributed by atoms with E-state index in [0.717, 1.165) is 5.56 Å². The van der Waals surface area contributed by atoms with Gasteiger partial charge in [0, 0.05) is 12.2 Å². The SMILES string of the molecule is CCOc1ccc(N(CCC#N)C(=O)COC(=O)c2ccc(OCc3ccccc3)c(OC)c2)cc1. The number of methoxy groups -OCH3 is 1. The molecule has 186 valence electrons. The van der Waals surface area contributed by atoms with Crippen LogP contribution in [0.15, 0.2) is 72.8 Å². The van der Waals surface area contributed by atoms with Gasteiger partial charge in [0.15, 0.2) is 18.1 Å². The maximum Gasteiger partial charge on any atom is 0.338 e. The van der Waals surface area contributed by atoms with E-state index in [1.54, 1.807) is 36.4 Å². The third kappa shape index (κ3) is 7.24. The zero-order chi connectivity index (χ0) is 25.8. The largest absolute Gasteiger partial charge is 0.494 e. The fraction of sp³-hybridized carbons (Fsp3) is 0.250. The fourth-order valence-corrected chi connectivity index (χ4v) is 3.39. The summed E-state index contributed by atoms with van der Waals surface area (Å²) in [4.78, 5) is 26.9. The molecule has 0 radical (unpaired) electrons. The number of esters is 1. The van der Waals surface area contributed by atoms with E-state index in [2.05, 4.69) is 0 Å². The van der Waals surface area contributed by atoms with E-state index in [1.807, 2.05) is 43.3 Å². The molecule has 3 aromatic rings. The summed E-state index contributed by atoms with van der Waals surface area (Å²) in [7, 11) is 1.48. The molecule has 0 aliphatic heterocycles. The number of hydrogen-bond donors (Lipinski definition) is 0. The molecule has 0 aromatic heterocycles. The second-order valence-electron chi connectivity index (χ2n) is 7.60. The third-order valence-corrected chi connectivity index (χ3v) is 5.17. The van der Waals surface area contributed by atoms with Gasteiger partial charge in [-0.2, -0.15) is 5.26 Å². The van der Waals surface area contributed by atoms with Crippen molar-refractivity contribution >= 4 is 17.6 Å². The maximum atomic E-state index is 12.9. The van der Waals surface area contributed by atoms with Crippen molar-refractivity contribution in [1.82, 2.24) is 0 Å². The van der Waals surface area contributed by atoms with Crippen LogP contribution in [0.4, 0.5) is 5.69 Å². The lowest BCUT2D eigenvalue weighted by Crippen LogP contribution is -2.35. The monoisotopic (exact) mass is 488 g/mol. The molecule has 0 aliphatic rings. The number of benzene rings is 3. The zero-order valence-electron chi connectivity index (χ0n) is 20.3. The second kappa shape index (κ2) is 13.4. The van der Waals surface area contributed by atoms with Crippen LogP contribution >= 0.6 is 0 Å². The van der Waals surface area contributed by atoms with E-state index < -0.39 is 18.5 Å². The molecule has 0 fully saturated rings. The molecule has 0 unspecified atom stereocenters. The molecule has 0 N–H and O–H groups in total. The topological polar surface area (TPSA) is 98.1 Å². The molecule has 1 amide bonds. The van der Waals surface area contributed by atoms with E-state index in [4.69, 9.17) is 24.2 Å². The van der Waals surface area contributed by atoms with Gasteiger partial charge in [-0.25, -0.2) is 4.79 Å². The minimum absolute atomic E-state index is 0.133. The van der Waals surface area contributed by atoms with Gasteiger partial charge < -0.3 is 23.8 Å². The number of carbonyl (C=O) groups excluding carboxylic acids is 2. The Morgan fingerprint density at radius 3 is 2.36 bits per heavy atom. The summed E-state index contributed by atoms with van der Waals surface area (Å²) in [6.45, 7) is 2.44. The number of carbonyl (C=O) groups is 2. The number of hydrogen-bond acceptors (Lipinski definition) is 7. The lowest BCUT2D eigenvalue weighted by atomic mass is 10.2. The van der Waals surface area contributed by atoms with Crippen molar-refractivity contribution in [3.05, 3.63) is 83.9 Å². The molecule has 0 spiro atoms. The molecular weight excluding hydrogens is 460 g/mol. The molecule has 0 atom stereocenters. The van der Waals surface area contributed by atoms with Gasteiger partial charge in [-0.1, -0.05) is 30.3 Å². The van der Waals surface area contributed by atoms with Gasteiger partial charge in [0.05, 0.1) is 31.8 Å². The average Bonchev–Trinajstić information content (AvgIpc) is 2.92. The zero-order valence-corrected chi connectivity index (χ0v) is 20.3. The number of anilines is 1. The Balaban J connectivity index is 1.63. The van der Waals surface area contributed by atoms with E-state index in [0.29, 0.717) is 36.1 Å².